The quantitative estimate of drug-likeness (QED) is 0.621. The molecule has 6 heteroatoms. The topological polar surface area (TPSA) is 67.3 Å². The molecule has 0 amide bonds. The first-order valence-electron chi connectivity index (χ1n) is 8.49. The van der Waals surface area contributed by atoms with Crippen molar-refractivity contribution in [2.24, 2.45) is 0 Å². The maximum absolute atomic E-state index is 9.04. The maximum atomic E-state index is 9.04. The van der Waals surface area contributed by atoms with Gasteiger partial charge in [-0.3, -0.25) is 0 Å². The highest BCUT2D eigenvalue weighted by molar-refractivity contribution is 7.19. The third-order valence-electron chi connectivity index (χ3n) is 3.92. The summed E-state index contributed by atoms with van der Waals surface area (Å²) in [5.74, 6) is 2.46. The molecule has 0 unspecified atom stereocenters. The minimum atomic E-state index is 0.161. The summed E-state index contributed by atoms with van der Waals surface area (Å²) < 4.78 is 5.54. The number of nitrogens with zero attached hydrogens (tertiary/aromatic N) is 2. The fourth-order valence-corrected chi connectivity index (χ4v) is 3.95. The Morgan fingerprint density at radius 1 is 1.16 bits per heavy atom. The lowest BCUT2D eigenvalue weighted by molar-refractivity contribution is 0.292. The number of ether oxygens (including phenoxy) is 1. The number of aryl methyl sites for hydroxylation is 2. The van der Waals surface area contributed by atoms with Crippen LogP contribution in [0.1, 0.15) is 24.0 Å². The summed E-state index contributed by atoms with van der Waals surface area (Å²) in [5.41, 5.74) is 2.29. The zero-order valence-corrected chi connectivity index (χ0v) is 15.6. The van der Waals surface area contributed by atoms with Crippen LogP contribution in [-0.2, 0) is 0 Å². The number of anilines is 1. The first-order chi connectivity index (χ1) is 12.1. The standard InChI is InChI=1S/C19H23N3O2S/c1-4-24-15-8-6-14(7-9-15)16-12(2)25-19-17(16)18(20-10-5-11-23)21-13(3)22-19/h6-9,23H,4-5,10-11H2,1-3H3,(H,20,21,22). The fraction of sp³-hybridized carbons (Fsp3) is 0.368. The Bertz CT molecular complexity index is 859. The first-order valence-corrected chi connectivity index (χ1v) is 9.31. The van der Waals surface area contributed by atoms with E-state index in [9.17, 15) is 0 Å². The lowest BCUT2D eigenvalue weighted by Crippen LogP contribution is -2.06. The highest BCUT2D eigenvalue weighted by atomic mass is 32.1. The number of hydrogen-bond acceptors (Lipinski definition) is 6. The Kier molecular flexibility index (Phi) is 5.50. The van der Waals surface area contributed by atoms with Crippen LogP contribution in [0.5, 0.6) is 5.75 Å². The predicted molar refractivity (Wildman–Crippen MR) is 104 cm³/mol. The fourth-order valence-electron chi connectivity index (χ4n) is 2.86. The Balaban J connectivity index is 2.08. The van der Waals surface area contributed by atoms with E-state index < -0.39 is 0 Å². The molecular formula is C19H23N3O2S. The van der Waals surface area contributed by atoms with Gasteiger partial charge >= 0.3 is 0 Å². The van der Waals surface area contributed by atoms with Crippen LogP contribution in [0.2, 0.25) is 0 Å². The molecule has 3 aromatic rings. The Morgan fingerprint density at radius 3 is 2.60 bits per heavy atom. The minimum absolute atomic E-state index is 0.161. The second-order valence-electron chi connectivity index (χ2n) is 5.79. The number of rotatable bonds is 7. The molecule has 2 heterocycles. The number of aliphatic hydroxyl groups is 1. The summed E-state index contributed by atoms with van der Waals surface area (Å²) in [6.07, 6.45) is 0.687. The molecule has 132 valence electrons. The van der Waals surface area contributed by atoms with Gasteiger partial charge in [0.15, 0.2) is 0 Å². The van der Waals surface area contributed by atoms with Crippen LogP contribution in [0.25, 0.3) is 21.3 Å². The van der Waals surface area contributed by atoms with Crippen LogP contribution in [0.4, 0.5) is 5.82 Å². The van der Waals surface area contributed by atoms with E-state index in [1.54, 1.807) is 11.3 Å². The Labute approximate surface area is 151 Å². The van der Waals surface area contributed by atoms with E-state index >= 15 is 0 Å². The number of thiophene rings is 1. The summed E-state index contributed by atoms with van der Waals surface area (Å²) in [4.78, 5) is 11.4. The largest absolute Gasteiger partial charge is 0.494 e. The van der Waals surface area contributed by atoms with E-state index in [1.807, 2.05) is 26.0 Å². The zero-order chi connectivity index (χ0) is 17.8. The minimum Gasteiger partial charge on any atom is -0.494 e. The number of benzene rings is 1. The molecule has 0 fully saturated rings. The molecule has 2 aromatic heterocycles. The number of aliphatic hydroxyl groups excluding tert-OH is 1. The molecule has 0 bridgehead atoms. The summed E-state index contributed by atoms with van der Waals surface area (Å²) in [6.45, 7) is 7.50. The molecule has 0 saturated heterocycles. The second kappa shape index (κ2) is 7.80. The van der Waals surface area contributed by atoms with Gasteiger partial charge in [0.1, 0.15) is 22.2 Å². The smallest absolute Gasteiger partial charge is 0.139 e. The van der Waals surface area contributed by atoms with Crippen LogP contribution >= 0.6 is 11.3 Å². The van der Waals surface area contributed by atoms with Gasteiger partial charge in [-0.25, -0.2) is 9.97 Å². The van der Waals surface area contributed by atoms with Crippen LogP contribution in [0, 0.1) is 13.8 Å². The number of nitrogens with one attached hydrogen (secondary N) is 1. The van der Waals surface area contributed by atoms with E-state index in [1.165, 1.54) is 4.88 Å². The average Bonchev–Trinajstić information content (AvgIpc) is 2.92. The van der Waals surface area contributed by atoms with Gasteiger partial charge in [-0.05, 0) is 44.9 Å². The highest BCUT2D eigenvalue weighted by Gasteiger charge is 2.17. The summed E-state index contributed by atoms with van der Waals surface area (Å²) >= 11 is 1.68. The van der Waals surface area contributed by atoms with Gasteiger partial charge in [0.25, 0.3) is 0 Å². The van der Waals surface area contributed by atoms with Crippen LogP contribution in [0.15, 0.2) is 24.3 Å². The molecule has 0 saturated carbocycles. The lowest BCUT2D eigenvalue weighted by Gasteiger charge is -2.10. The van der Waals surface area contributed by atoms with Crippen molar-refractivity contribution in [2.45, 2.75) is 27.2 Å². The van der Waals surface area contributed by atoms with Crippen molar-refractivity contribution >= 4 is 27.4 Å². The summed E-state index contributed by atoms with van der Waals surface area (Å²) in [5, 5.41) is 13.4. The summed E-state index contributed by atoms with van der Waals surface area (Å²) in [6, 6.07) is 8.15. The molecule has 5 nitrogen and oxygen atoms in total. The zero-order valence-electron chi connectivity index (χ0n) is 14.8. The van der Waals surface area contributed by atoms with Gasteiger partial charge in [0.05, 0.1) is 12.0 Å². The molecule has 25 heavy (non-hydrogen) atoms. The Hall–Kier alpha value is -2.18. The molecule has 1 aromatic carbocycles. The maximum Gasteiger partial charge on any atom is 0.139 e. The molecule has 0 aliphatic carbocycles. The van der Waals surface area contributed by atoms with Gasteiger partial charge in [-0.15, -0.1) is 11.3 Å². The Morgan fingerprint density at radius 2 is 1.92 bits per heavy atom. The highest BCUT2D eigenvalue weighted by Crippen LogP contribution is 2.41. The molecular weight excluding hydrogens is 334 g/mol. The van der Waals surface area contributed by atoms with Crippen LogP contribution in [-0.4, -0.2) is 34.8 Å². The van der Waals surface area contributed by atoms with Crippen molar-refractivity contribution in [1.82, 2.24) is 9.97 Å². The van der Waals surface area contributed by atoms with Gasteiger partial charge < -0.3 is 15.2 Å². The van der Waals surface area contributed by atoms with Gasteiger partial charge in [-0.1, -0.05) is 12.1 Å². The predicted octanol–water partition coefficient (Wildman–Crippen LogP) is 4.17. The van der Waals surface area contributed by atoms with Gasteiger partial charge in [0, 0.05) is 23.6 Å². The van der Waals surface area contributed by atoms with E-state index in [-0.39, 0.29) is 6.61 Å². The van der Waals surface area contributed by atoms with E-state index in [0.717, 1.165) is 38.7 Å². The van der Waals surface area contributed by atoms with Crippen molar-refractivity contribution in [3.05, 3.63) is 35.0 Å². The monoisotopic (exact) mass is 357 g/mol. The van der Waals surface area contributed by atoms with E-state index in [0.29, 0.717) is 19.6 Å². The molecule has 3 rings (SSSR count). The van der Waals surface area contributed by atoms with Crippen molar-refractivity contribution in [3.63, 3.8) is 0 Å². The molecule has 0 atom stereocenters. The van der Waals surface area contributed by atoms with Crippen LogP contribution < -0.4 is 10.1 Å². The van der Waals surface area contributed by atoms with Gasteiger partial charge in [-0.2, -0.15) is 0 Å². The third-order valence-corrected chi connectivity index (χ3v) is 4.92. The second-order valence-corrected chi connectivity index (χ2v) is 7.00. The molecule has 0 aliphatic rings. The van der Waals surface area contributed by atoms with Crippen LogP contribution in [0.3, 0.4) is 0 Å². The van der Waals surface area contributed by atoms with Gasteiger partial charge in [0.2, 0.25) is 0 Å². The number of aromatic nitrogens is 2. The third kappa shape index (κ3) is 3.75. The number of fused-ring (bicyclic) bond motifs is 1. The SMILES string of the molecule is CCOc1ccc(-c2c(C)sc3nc(C)nc(NCCCO)c23)cc1. The average molecular weight is 357 g/mol. The van der Waals surface area contributed by atoms with Crippen molar-refractivity contribution in [3.8, 4) is 16.9 Å². The molecule has 0 radical (unpaired) electrons. The van der Waals surface area contributed by atoms with Crippen molar-refractivity contribution < 1.29 is 9.84 Å². The first kappa shape index (κ1) is 17.6. The molecule has 2 N–H and O–H groups in total. The van der Waals surface area contributed by atoms with E-state index in [2.05, 4.69) is 34.3 Å². The number of hydrogen-bond donors (Lipinski definition) is 2. The molecule has 0 aliphatic heterocycles. The summed E-state index contributed by atoms with van der Waals surface area (Å²) in [7, 11) is 0. The molecule has 0 spiro atoms. The lowest BCUT2D eigenvalue weighted by atomic mass is 10.0. The normalized spacial score (nSPS) is 11.0. The van der Waals surface area contributed by atoms with E-state index in [4.69, 9.17) is 9.84 Å². The van der Waals surface area contributed by atoms with Crippen molar-refractivity contribution in [2.75, 3.05) is 25.1 Å². The van der Waals surface area contributed by atoms with Crippen molar-refractivity contribution in [1.29, 1.82) is 0 Å².